The predicted octanol–water partition coefficient (Wildman–Crippen LogP) is 6.70. The van der Waals surface area contributed by atoms with Crippen molar-refractivity contribution in [1.29, 1.82) is 0 Å². The van der Waals surface area contributed by atoms with E-state index in [1.165, 1.54) is 16.7 Å². The van der Waals surface area contributed by atoms with Crippen molar-refractivity contribution >= 4 is 18.7 Å². The van der Waals surface area contributed by atoms with E-state index in [4.69, 9.17) is 9.31 Å². The normalized spacial score (nSPS) is 16.4. The minimum Gasteiger partial charge on any atom is -0.534 e. The van der Waals surface area contributed by atoms with E-state index in [0.717, 1.165) is 23.9 Å². The van der Waals surface area contributed by atoms with Gasteiger partial charge in [0.25, 0.3) is 0 Å². The molecule has 0 saturated carbocycles. The molecule has 182 valence electrons. The summed E-state index contributed by atoms with van der Waals surface area (Å²) in [4.78, 5) is 0. The molecule has 4 heteroatoms. The lowest BCUT2D eigenvalue weighted by atomic mass is 9.69. The van der Waals surface area contributed by atoms with Crippen LogP contribution in [0.5, 0.6) is 0 Å². The van der Waals surface area contributed by atoms with Crippen LogP contribution in [0.25, 0.3) is 6.08 Å². The van der Waals surface area contributed by atoms with E-state index in [2.05, 4.69) is 75.9 Å². The zero-order chi connectivity index (χ0) is 25.1. The van der Waals surface area contributed by atoms with E-state index >= 15 is 0 Å². The van der Waals surface area contributed by atoms with Gasteiger partial charge in [0.15, 0.2) is 0 Å². The van der Waals surface area contributed by atoms with Crippen LogP contribution in [0.4, 0.5) is 0 Å². The molecule has 1 N–H and O–H groups in total. The summed E-state index contributed by atoms with van der Waals surface area (Å²) in [6.45, 7) is 18.7. The molecule has 0 atom stereocenters. The average molecular weight is 460 g/mol. The lowest BCUT2D eigenvalue weighted by molar-refractivity contribution is 0.0836. The van der Waals surface area contributed by atoms with Crippen molar-refractivity contribution in [1.82, 2.24) is 0 Å². The third-order valence-electron chi connectivity index (χ3n) is 7.89. The minimum atomic E-state index is -0.738. The fourth-order valence-corrected chi connectivity index (χ4v) is 4.85. The van der Waals surface area contributed by atoms with Gasteiger partial charge in [0.05, 0.1) is 11.4 Å². The first-order valence-corrected chi connectivity index (χ1v) is 12.7. The van der Waals surface area contributed by atoms with Crippen molar-refractivity contribution in [3.8, 4) is 0 Å². The second-order valence-corrected chi connectivity index (χ2v) is 10.1. The van der Waals surface area contributed by atoms with Crippen molar-refractivity contribution in [2.75, 3.05) is 0 Å². The van der Waals surface area contributed by atoms with Gasteiger partial charge in [-0.1, -0.05) is 88.9 Å². The SMILES string of the molecule is C=C1OB(c2ccc(C(CC)(CC)c3ccc(/C=C/C(O)(CC)CC)c(C)c3)cc2)OC1(C)C. The van der Waals surface area contributed by atoms with Crippen molar-refractivity contribution in [2.45, 2.75) is 90.8 Å². The van der Waals surface area contributed by atoms with Crippen molar-refractivity contribution in [3.05, 3.63) is 83.1 Å². The Bertz CT molecular complexity index is 1030. The zero-order valence-corrected chi connectivity index (χ0v) is 22.1. The van der Waals surface area contributed by atoms with Crippen LogP contribution in [-0.4, -0.2) is 23.4 Å². The predicted molar refractivity (Wildman–Crippen MR) is 144 cm³/mol. The van der Waals surface area contributed by atoms with Crippen LogP contribution in [0, 0.1) is 6.92 Å². The summed E-state index contributed by atoms with van der Waals surface area (Å²) in [5, 5.41) is 10.6. The Hall–Kier alpha value is -2.30. The van der Waals surface area contributed by atoms with Crippen molar-refractivity contribution in [3.63, 3.8) is 0 Å². The fourth-order valence-electron chi connectivity index (χ4n) is 4.85. The summed E-state index contributed by atoms with van der Waals surface area (Å²) < 4.78 is 11.9. The van der Waals surface area contributed by atoms with Crippen LogP contribution in [0.2, 0.25) is 0 Å². The van der Waals surface area contributed by atoms with Crippen molar-refractivity contribution in [2.24, 2.45) is 0 Å². The molecule has 0 unspecified atom stereocenters. The molecule has 0 bridgehead atoms. The molecule has 0 amide bonds. The maximum absolute atomic E-state index is 10.6. The first-order chi connectivity index (χ1) is 16.0. The third-order valence-corrected chi connectivity index (χ3v) is 7.89. The smallest absolute Gasteiger partial charge is 0.534 e. The molecule has 34 heavy (non-hydrogen) atoms. The number of aryl methyl sites for hydroxylation is 1. The molecular weight excluding hydrogens is 419 g/mol. The summed E-state index contributed by atoms with van der Waals surface area (Å²) in [6.07, 6.45) is 7.45. The topological polar surface area (TPSA) is 38.7 Å². The highest BCUT2D eigenvalue weighted by Gasteiger charge is 2.43. The second-order valence-electron chi connectivity index (χ2n) is 10.1. The second kappa shape index (κ2) is 10.1. The minimum absolute atomic E-state index is 0.0701. The number of benzene rings is 2. The van der Waals surface area contributed by atoms with Crippen LogP contribution >= 0.6 is 0 Å². The van der Waals surface area contributed by atoms with Crippen LogP contribution in [0.1, 0.15) is 89.5 Å². The molecule has 3 nitrogen and oxygen atoms in total. The number of hydrogen-bond donors (Lipinski definition) is 1. The van der Waals surface area contributed by atoms with Gasteiger partial charge < -0.3 is 14.4 Å². The number of hydrogen-bond acceptors (Lipinski definition) is 3. The quantitative estimate of drug-likeness (QED) is 0.423. The summed E-state index contributed by atoms with van der Waals surface area (Å²) >= 11 is 0. The summed E-state index contributed by atoms with van der Waals surface area (Å²) in [6, 6.07) is 15.4. The standard InChI is InChI=1S/C30H41BO3/c1-9-29(32,10-2)20-19-24-13-14-26(21-22(24)5)30(11-3,12-4)25-15-17-27(18-16-25)31-33-23(6)28(7,8)34-31/h13-21,32H,6,9-12H2,1-5,7-8H3/b20-19+. The maximum atomic E-state index is 10.6. The molecule has 1 saturated heterocycles. The Balaban J connectivity index is 1.91. The molecule has 2 aromatic carbocycles. The molecule has 0 aliphatic carbocycles. The molecule has 1 aliphatic heterocycles. The van der Waals surface area contributed by atoms with E-state index in [1.807, 2.05) is 33.8 Å². The molecule has 1 aliphatic rings. The Kier molecular flexibility index (Phi) is 7.84. The van der Waals surface area contributed by atoms with Gasteiger partial charge in [-0.05, 0) is 74.2 Å². The molecule has 1 fully saturated rings. The van der Waals surface area contributed by atoms with Gasteiger partial charge >= 0.3 is 7.12 Å². The van der Waals surface area contributed by atoms with E-state index in [1.54, 1.807) is 0 Å². The molecule has 1 heterocycles. The van der Waals surface area contributed by atoms with Crippen molar-refractivity contribution < 1.29 is 14.4 Å². The number of aliphatic hydroxyl groups is 1. The molecule has 3 rings (SSSR count). The first kappa shape index (κ1) is 26.3. The number of rotatable bonds is 9. The van der Waals surface area contributed by atoms with E-state index in [9.17, 15) is 5.11 Å². The van der Waals surface area contributed by atoms with E-state index in [-0.39, 0.29) is 5.41 Å². The Morgan fingerprint density at radius 2 is 1.53 bits per heavy atom. The van der Waals surface area contributed by atoms with Crippen LogP contribution in [0.15, 0.2) is 60.9 Å². The van der Waals surface area contributed by atoms with Gasteiger partial charge in [-0.3, -0.25) is 0 Å². The molecular formula is C30H41BO3. The van der Waals surface area contributed by atoms with Gasteiger partial charge in [-0.2, -0.15) is 0 Å². The lowest BCUT2D eigenvalue weighted by Gasteiger charge is -2.34. The van der Waals surface area contributed by atoms with Gasteiger partial charge in [0.2, 0.25) is 0 Å². The highest BCUT2D eigenvalue weighted by Crippen LogP contribution is 2.39. The highest BCUT2D eigenvalue weighted by atomic mass is 16.7. The van der Waals surface area contributed by atoms with E-state index in [0.29, 0.717) is 18.6 Å². The van der Waals surface area contributed by atoms with Gasteiger partial charge in [0, 0.05) is 5.41 Å². The molecule has 0 aromatic heterocycles. The van der Waals surface area contributed by atoms with Gasteiger partial charge in [-0.15, -0.1) is 0 Å². The lowest BCUT2D eigenvalue weighted by Crippen LogP contribution is -2.35. The first-order valence-electron chi connectivity index (χ1n) is 12.7. The zero-order valence-electron chi connectivity index (χ0n) is 22.1. The Morgan fingerprint density at radius 3 is 2.00 bits per heavy atom. The van der Waals surface area contributed by atoms with Gasteiger partial charge in [-0.25, -0.2) is 0 Å². The summed E-state index contributed by atoms with van der Waals surface area (Å²) in [7, 11) is -0.410. The molecule has 0 radical (unpaired) electrons. The fraction of sp³-hybridized carbons (Fsp3) is 0.467. The molecule has 2 aromatic rings. The Labute approximate surface area is 207 Å². The monoisotopic (exact) mass is 460 g/mol. The van der Waals surface area contributed by atoms with Crippen LogP contribution in [0.3, 0.4) is 0 Å². The largest absolute Gasteiger partial charge is 0.563 e. The third kappa shape index (κ3) is 5.04. The maximum Gasteiger partial charge on any atom is 0.563 e. The van der Waals surface area contributed by atoms with Crippen LogP contribution in [-0.2, 0) is 14.7 Å². The summed E-state index contributed by atoms with van der Waals surface area (Å²) in [5.41, 5.74) is 4.72. The molecule has 0 spiro atoms. The Morgan fingerprint density at radius 1 is 0.941 bits per heavy atom. The van der Waals surface area contributed by atoms with Gasteiger partial charge in [0.1, 0.15) is 5.60 Å². The van der Waals surface area contributed by atoms with Crippen LogP contribution < -0.4 is 5.46 Å². The highest BCUT2D eigenvalue weighted by molar-refractivity contribution is 6.62. The van der Waals surface area contributed by atoms with E-state index < -0.39 is 18.3 Å². The summed E-state index contributed by atoms with van der Waals surface area (Å²) in [5.74, 6) is 0.666. The average Bonchev–Trinajstić information content (AvgIpc) is 3.12.